The van der Waals surface area contributed by atoms with Crippen LogP contribution in [0.25, 0.3) is 0 Å². The Hall–Kier alpha value is -1.07. The second-order valence-corrected chi connectivity index (χ2v) is 7.20. The number of halogens is 1. The monoisotopic (exact) mass is 315 g/mol. The van der Waals surface area contributed by atoms with E-state index < -0.39 is 10.8 Å². The Morgan fingerprint density at radius 2 is 2.15 bits per heavy atom. The van der Waals surface area contributed by atoms with Crippen molar-refractivity contribution in [2.45, 2.75) is 25.1 Å². The number of ether oxygens (including phenoxy) is 1. The Morgan fingerprint density at radius 1 is 1.45 bits per heavy atom. The predicted octanol–water partition coefficient (Wildman–Crippen LogP) is 2.33. The van der Waals surface area contributed by atoms with Crippen molar-refractivity contribution in [1.82, 2.24) is 4.90 Å². The van der Waals surface area contributed by atoms with Crippen molar-refractivity contribution in [2.24, 2.45) is 0 Å². The Labute approximate surface area is 126 Å². The third kappa shape index (κ3) is 2.83. The van der Waals surface area contributed by atoms with Crippen molar-refractivity contribution in [2.75, 3.05) is 19.4 Å². The van der Waals surface area contributed by atoms with Gasteiger partial charge in [-0.3, -0.25) is 9.00 Å². The van der Waals surface area contributed by atoms with E-state index in [1.54, 1.807) is 23.1 Å². The summed E-state index contributed by atoms with van der Waals surface area (Å²) in [5.41, 5.74) is 0.540. The third-order valence-electron chi connectivity index (χ3n) is 3.78. The van der Waals surface area contributed by atoms with Crippen LogP contribution in [0.2, 0.25) is 5.02 Å². The van der Waals surface area contributed by atoms with Gasteiger partial charge in [-0.05, 0) is 32.0 Å². The highest BCUT2D eigenvalue weighted by Crippen LogP contribution is 2.27. The topological polar surface area (TPSA) is 46.6 Å². The molecule has 4 nitrogen and oxygen atoms in total. The van der Waals surface area contributed by atoms with Crippen LogP contribution in [-0.2, 0) is 10.8 Å². The van der Waals surface area contributed by atoms with Crippen molar-refractivity contribution in [3.8, 4) is 5.75 Å². The summed E-state index contributed by atoms with van der Waals surface area (Å²) in [5.74, 6) is 0.942. The van der Waals surface area contributed by atoms with Gasteiger partial charge in [-0.2, -0.15) is 0 Å². The van der Waals surface area contributed by atoms with Crippen LogP contribution in [0, 0.1) is 0 Å². The Bertz CT molecular complexity index is 549. The van der Waals surface area contributed by atoms with Gasteiger partial charge in [0.25, 0.3) is 5.91 Å². The summed E-state index contributed by atoms with van der Waals surface area (Å²) in [6.45, 7) is 4.37. The lowest BCUT2D eigenvalue weighted by Gasteiger charge is -2.37. The number of methoxy groups -OCH3 is 1. The van der Waals surface area contributed by atoms with Crippen molar-refractivity contribution in [3.05, 3.63) is 28.8 Å². The van der Waals surface area contributed by atoms with Crippen molar-refractivity contribution in [3.63, 3.8) is 0 Å². The molecule has 1 aromatic rings. The summed E-state index contributed by atoms with van der Waals surface area (Å²) in [6, 6.07) is 4.95. The maximum atomic E-state index is 12.6. The molecule has 20 heavy (non-hydrogen) atoms. The van der Waals surface area contributed by atoms with Crippen LogP contribution in [0.5, 0.6) is 5.75 Å². The molecule has 110 valence electrons. The molecule has 1 aliphatic heterocycles. The molecule has 3 atom stereocenters. The van der Waals surface area contributed by atoms with E-state index in [9.17, 15) is 9.00 Å². The number of rotatable bonds is 2. The van der Waals surface area contributed by atoms with Crippen LogP contribution < -0.4 is 4.74 Å². The number of benzene rings is 1. The minimum absolute atomic E-state index is 0.0121. The number of carbonyl (C=O) groups excluding carboxylic acids is 1. The largest absolute Gasteiger partial charge is 0.495 e. The minimum Gasteiger partial charge on any atom is -0.495 e. The predicted molar refractivity (Wildman–Crippen MR) is 81.0 cm³/mol. The van der Waals surface area contributed by atoms with Gasteiger partial charge in [0.2, 0.25) is 0 Å². The SMILES string of the molecule is COc1cc(C(=O)N2CC[S@@](=O)[C@H](C)[C@@H]2C)ccc1Cl. The Balaban J connectivity index is 2.25. The first kappa shape index (κ1) is 15.3. The van der Waals surface area contributed by atoms with E-state index in [1.165, 1.54) is 7.11 Å². The van der Waals surface area contributed by atoms with E-state index in [4.69, 9.17) is 16.3 Å². The summed E-state index contributed by atoms with van der Waals surface area (Å²) < 4.78 is 16.9. The lowest BCUT2D eigenvalue weighted by molar-refractivity contribution is 0.0695. The van der Waals surface area contributed by atoms with Gasteiger partial charge in [0.1, 0.15) is 5.75 Å². The standard InChI is InChI=1S/C14H18ClNO3S/c1-9-10(2)20(18)7-6-16(9)14(17)11-4-5-12(15)13(8-11)19-3/h4-5,8-10H,6-7H2,1-3H3/t9-,10+,20+/m0/s1. The fourth-order valence-corrected chi connectivity index (χ4v) is 3.83. The molecule has 0 aliphatic carbocycles. The number of hydrogen-bond acceptors (Lipinski definition) is 3. The van der Waals surface area contributed by atoms with Gasteiger partial charge in [0.05, 0.1) is 17.4 Å². The van der Waals surface area contributed by atoms with Crippen molar-refractivity contribution in [1.29, 1.82) is 0 Å². The highest BCUT2D eigenvalue weighted by Gasteiger charge is 2.33. The summed E-state index contributed by atoms with van der Waals surface area (Å²) in [6.07, 6.45) is 0. The van der Waals surface area contributed by atoms with Gasteiger partial charge in [0.15, 0.2) is 0 Å². The molecule has 0 unspecified atom stereocenters. The van der Waals surface area contributed by atoms with Gasteiger partial charge >= 0.3 is 0 Å². The smallest absolute Gasteiger partial charge is 0.254 e. The maximum absolute atomic E-state index is 12.6. The molecule has 0 N–H and O–H groups in total. The van der Waals surface area contributed by atoms with Crippen LogP contribution in [0.1, 0.15) is 24.2 Å². The zero-order valence-corrected chi connectivity index (χ0v) is 13.3. The lowest BCUT2D eigenvalue weighted by Crippen LogP contribution is -2.52. The molecule has 2 rings (SSSR count). The lowest BCUT2D eigenvalue weighted by atomic mass is 10.1. The molecule has 0 saturated carbocycles. The number of amides is 1. The maximum Gasteiger partial charge on any atom is 0.254 e. The number of hydrogen-bond donors (Lipinski definition) is 0. The minimum atomic E-state index is -0.858. The Kier molecular flexibility index (Phi) is 4.70. The van der Waals surface area contributed by atoms with E-state index in [1.807, 2.05) is 13.8 Å². The van der Waals surface area contributed by atoms with Crippen LogP contribution in [0.15, 0.2) is 18.2 Å². The van der Waals surface area contributed by atoms with Crippen molar-refractivity contribution >= 4 is 28.3 Å². The average Bonchev–Trinajstić information content (AvgIpc) is 2.45. The summed E-state index contributed by atoms with van der Waals surface area (Å²) in [5, 5.41) is 0.465. The molecule has 1 aliphatic rings. The van der Waals surface area contributed by atoms with Gasteiger partial charge < -0.3 is 9.64 Å². The second kappa shape index (κ2) is 6.14. The molecular formula is C14H18ClNO3S. The molecule has 1 heterocycles. The zero-order valence-electron chi connectivity index (χ0n) is 11.8. The molecule has 1 amide bonds. The summed E-state index contributed by atoms with van der Waals surface area (Å²) in [7, 11) is 0.660. The molecule has 0 radical (unpaired) electrons. The molecule has 1 aromatic carbocycles. The highest BCUT2D eigenvalue weighted by molar-refractivity contribution is 7.85. The van der Waals surface area contributed by atoms with Gasteiger partial charge in [-0.1, -0.05) is 11.6 Å². The first-order valence-corrected chi connectivity index (χ1v) is 8.23. The summed E-state index contributed by atoms with van der Waals surface area (Å²) in [4.78, 5) is 14.3. The van der Waals surface area contributed by atoms with Crippen molar-refractivity contribution < 1.29 is 13.7 Å². The van der Waals surface area contributed by atoms with Crippen LogP contribution in [-0.4, -0.2) is 45.7 Å². The van der Waals surface area contributed by atoms with E-state index in [0.717, 1.165) is 0 Å². The first-order chi connectivity index (χ1) is 9.45. The van der Waals surface area contributed by atoms with Crippen LogP contribution in [0.4, 0.5) is 0 Å². The van der Waals surface area contributed by atoms with E-state index in [2.05, 4.69) is 0 Å². The highest BCUT2D eigenvalue weighted by atomic mass is 35.5. The molecule has 0 spiro atoms. The Morgan fingerprint density at radius 3 is 2.80 bits per heavy atom. The van der Waals surface area contributed by atoms with Crippen LogP contribution >= 0.6 is 11.6 Å². The van der Waals surface area contributed by atoms with Gasteiger partial charge in [-0.25, -0.2) is 0 Å². The normalized spacial score (nSPS) is 26.4. The average molecular weight is 316 g/mol. The fraction of sp³-hybridized carbons (Fsp3) is 0.500. The number of nitrogens with zero attached hydrogens (tertiary/aromatic N) is 1. The molecule has 1 fully saturated rings. The second-order valence-electron chi connectivity index (χ2n) is 4.88. The molecule has 0 aromatic heterocycles. The summed E-state index contributed by atoms with van der Waals surface area (Å²) >= 11 is 5.97. The molecule has 6 heteroatoms. The fourth-order valence-electron chi connectivity index (χ4n) is 2.30. The quantitative estimate of drug-likeness (QED) is 0.841. The zero-order chi connectivity index (χ0) is 14.9. The van der Waals surface area contributed by atoms with E-state index >= 15 is 0 Å². The van der Waals surface area contributed by atoms with Gasteiger partial charge in [0, 0.05) is 34.7 Å². The molecule has 1 saturated heterocycles. The van der Waals surface area contributed by atoms with Gasteiger partial charge in [-0.15, -0.1) is 0 Å². The van der Waals surface area contributed by atoms with E-state index in [0.29, 0.717) is 28.6 Å². The number of carbonyl (C=O) groups is 1. The first-order valence-electron chi connectivity index (χ1n) is 6.47. The third-order valence-corrected chi connectivity index (χ3v) is 5.90. The van der Waals surface area contributed by atoms with Crippen LogP contribution in [0.3, 0.4) is 0 Å². The molecule has 0 bridgehead atoms. The van der Waals surface area contributed by atoms with E-state index in [-0.39, 0.29) is 17.2 Å². The molecular weight excluding hydrogens is 298 g/mol.